The van der Waals surface area contributed by atoms with E-state index in [2.05, 4.69) is 25.5 Å². The number of amidine groups is 2. The number of rotatable bonds is 9. The third-order valence-electron chi connectivity index (χ3n) is 7.75. The minimum absolute atomic E-state index is 0.144. The highest BCUT2D eigenvalue weighted by Gasteiger charge is 2.35. The molecule has 0 radical (unpaired) electrons. The van der Waals surface area contributed by atoms with Crippen LogP contribution in [0.1, 0.15) is 40.4 Å². The maximum atomic E-state index is 14.8. The van der Waals surface area contributed by atoms with E-state index in [0.29, 0.717) is 36.0 Å². The Balaban J connectivity index is 1.14. The number of carbonyl (C=O) groups is 2. The normalized spacial score (nSPS) is 18.5. The van der Waals surface area contributed by atoms with E-state index in [1.165, 1.54) is 19.2 Å². The van der Waals surface area contributed by atoms with E-state index in [0.717, 1.165) is 38.0 Å². The topological polar surface area (TPSA) is 102 Å². The summed E-state index contributed by atoms with van der Waals surface area (Å²) in [6.07, 6.45) is 4.99. The number of fused-ring (bicyclic) bond motifs is 1. The standard InChI is InChI=1S/C30H35F2N7O3/c1-19-16-20(6-7-21(19)30(41)34-10-4-5-12-38-15-14-37(2)25(40)18-38)36-28-29-35-17-23(39(29)13-11-33-28)22-8-9-24(42-3)27(32)26(22)31/h6-9,11,13,16,23H,4-5,10,12,14-15,17-18H2,1-3H3,(H,33,36)(H,34,41). The van der Waals surface area contributed by atoms with Gasteiger partial charge in [-0.1, -0.05) is 6.07 Å². The fourth-order valence-corrected chi connectivity index (χ4v) is 5.29. The lowest BCUT2D eigenvalue weighted by Crippen LogP contribution is -2.48. The van der Waals surface area contributed by atoms with Crippen LogP contribution in [-0.2, 0) is 4.79 Å². The number of nitrogens with zero attached hydrogens (tertiary/aromatic N) is 5. The number of aryl methyl sites for hydroxylation is 1. The molecule has 42 heavy (non-hydrogen) atoms. The van der Waals surface area contributed by atoms with Gasteiger partial charge in [-0.15, -0.1) is 0 Å². The second kappa shape index (κ2) is 12.7. The van der Waals surface area contributed by atoms with Crippen molar-refractivity contribution in [2.24, 2.45) is 9.98 Å². The Kier molecular flexibility index (Phi) is 8.81. The van der Waals surface area contributed by atoms with Crippen LogP contribution in [-0.4, -0.2) is 91.6 Å². The van der Waals surface area contributed by atoms with Gasteiger partial charge in [-0.05, 0) is 56.1 Å². The molecular weight excluding hydrogens is 544 g/mol. The molecule has 0 saturated carbocycles. The number of likely N-dealkylation sites (N-methyl/N-ethyl adjacent to an activating group) is 1. The van der Waals surface area contributed by atoms with Crippen molar-refractivity contribution in [2.75, 3.05) is 58.7 Å². The Morgan fingerprint density at radius 1 is 1.14 bits per heavy atom. The summed E-state index contributed by atoms with van der Waals surface area (Å²) < 4.78 is 34.1. The van der Waals surface area contributed by atoms with Crippen LogP contribution in [0.3, 0.4) is 0 Å². The number of hydrogen-bond acceptors (Lipinski definition) is 8. The summed E-state index contributed by atoms with van der Waals surface area (Å²) in [7, 11) is 3.12. The number of carbonyl (C=O) groups excluding carboxylic acids is 2. The molecule has 1 unspecified atom stereocenters. The van der Waals surface area contributed by atoms with Crippen molar-refractivity contribution in [3.63, 3.8) is 0 Å². The Morgan fingerprint density at radius 2 is 1.98 bits per heavy atom. The molecule has 2 N–H and O–H groups in total. The van der Waals surface area contributed by atoms with Crippen LogP contribution in [0.2, 0.25) is 0 Å². The number of hydrogen-bond donors (Lipinski definition) is 2. The average molecular weight is 580 g/mol. The fraction of sp³-hybridized carbons (Fsp3) is 0.400. The van der Waals surface area contributed by atoms with Crippen LogP contribution < -0.4 is 15.4 Å². The van der Waals surface area contributed by atoms with Gasteiger partial charge in [0, 0.05) is 55.9 Å². The van der Waals surface area contributed by atoms with Gasteiger partial charge in [-0.2, -0.15) is 4.39 Å². The van der Waals surface area contributed by atoms with Crippen molar-refractivity contribution in [1.82, 2.24) is 20.0 Å². The number of nitrogens with one attached hydrogen (secondary N) is 2. The van der Waals surface area contributed by atoms with Crippen LogP contribution in [0.15, 0.2) is 52.7 Å². The summed E-state index contributed by atoms with van der Waals surface area (Å²) in [4.78, 5) is 39.3. The van der Waals surface area contributed by atoms with Gasteiger partial charge < -0.3 is 25.2 Å². The predicted octanol–water partition coefficient (Wildman–Crippen LogP) is 3.32. The smallest absolute Gasteiger partial charge is 0.251 e. The number of halogens is 2. The van der Waals surface area contributed by atoms with Gasteiger partial charge in [0.25, 0.3) is 5.91 Å². The van der Waals surface area contributed by atoms with Crippen LogP contribution >= 0.6 is 0 Å². The van der Waals surface area contributed by atoms with Crippen molar-refractivity contribution in [3.05, 3.63) is 71.1 Å². The van der Waals surface area contributed by atoms with Crippen molar-refractivity contribution in [1.29, 1.82) is 0 Å². The Morgan fingerprint density at radius 3 is 2.74 bits per heavy atom. The molecule has 2 aromatic carbocycles. The lowest BCUT2D eigenvalue weighted by atomic mass is 10.0. The van der Waals surface area contributed by atoms with Gasteiger partial charge in [-0.25, -0.2) is 9.38 Å². The van der Waals surface area contributed by atoms with E-state index in [-0.39, 0.29) is 29.7 Å². The second-order valence-electron chi connectivity index (χ2n) is 10.6. The summed E-state index contributed by atoms with van der Waals surface area (Å²) in [6.45, 7) is 5.57. The molecule has 3 aliphatic rings. The summed E-state index contributed by atoms with van der Waals surface area (Å²) in [5, 5.41) is 6.23. The van der Waals surface area contributed by atoms with E-state index in [1.54, 1.807) is 34.3 Å². The molecule has 2 aromatic rings. The molecule has 2 amide bonds. The third-order valence-corrected chi connectivity index (χ3v) is 7.75. The van der Waals surface area contributed by atoms with Gasteiger partial charge in [0.15, 0.2) is 23.2 Å². The maximum Gasteiger partial charge on any atom is 0.251 e. The monoisotopic (exact) mass is 579 g/mol. The lowest BCUT2D eigenvalue weighted by Gasteiger charge is -2.31. The van der Waals surface area contributed by atoms with E-state index in [4.69, 9.17) is 4.74 Å². The molecule has 1 atom stereocenters. The highest BCUT2D eigenvalue weighted by atomic mass is 19.2. The van der Waals surface area contributed by atoms with Crippen molar-refractivity contribution >= 4 is 29.2 Å². The zero-order valence-corrected chi connectivity index (χ0v) is 24.0. The molecule has 1 saturated heterocycles. The summed E-state index contributed by atoms with van der Waals surface area (Å²) in [5.41, 5.74) is 2.26. The zero-order chi connectivity index (χ0) is 29.8. The molecule has 0 spiro atoms. The fourth-order valence-electron chi connectivity index (χ4n) is 5.29. The van der Waals surface area contributed by atoms with E-state index >= 15 is 0 Å². The first kappa shape index (κ1) is 29.2. The van der Waals surface area contributed by atoms with Crippen LogP contribution in [0, 0.1) is 18.6 Å². The number of benzene rings is 2. The molecule has 222 valence electrons. The van der Waals surface area contributed by atoms with Gasteiger partial charge >= 0.3 is 0 Å². The highest BCUT2D eigenvalue weighted by Crippen LogP contribution is 2.34. The van der Waals surface area contributed by atoms with E-state index in [9.17, 15) is 18.4 Å². The van der Waals surface area contributed by atoms with Gasteiger partial charge in [0.2, 0.25) is 11.7 Å². The third kappa shape index (κ3) is 6.13. The number of anilines is 1. The van der Waals surface area contributed by atoms with E-state index in [1.807, 2.05) is 20.0 Å². The Labute approximate surface area is 243 Å². The summed E-state index contributed by atoms with van der Waals surface area (Å²) in [5.74, 6) is -1.16. The van der Waals surface area contributed by atoms with E-state index < -0.39 is 17.7 Å². The number of ether oxygens (including phenoxy) is 1. The molecule has 1 fully saturated rings. The largest absolute Gasteiger partial charge is 0.494 e. The SMILES string of the molecule is COc1ccc(C2CN=C3C(Nc4ccc(C(=O)NCCCCN5CCN(C)C(=O)C5)c(C)c4)=NC=CN32)c(F)c1F. The number of amides is 2. The van der Waals surface area contributed by atoms with Gasteiger partial charge in [0.05, 0.1) is 26.2 Å². The number of aliphatic imine (C=N–C) groups is 2. The molecule has 3 heterocycles. The Bertz CT molecular complexity index is 1460. The van der Waals surface area contributed by atoms with Crippen LogP contribution in [0.4, 0.5) is 14.5 Å². The molecular formula is C30H35F2N7O3. The molecule has 12 heteroatoms. The number of piperazine rings is 1. The maximum absolute atomic E-state index is 14.8. The molecule has 5 rings (SSSR count). The minimum Gasteiger partial charge on any atom is -0.494 e. The second-order valence-corrected chi connectivity index (χ2v) is 10.6. The molecule has 10 nitrogen and oxygen atoms in total. The van der Waals surface area contributed by atoms with Crippen LogP contribution in [0.25, 0.3) is 0 Å². The zero-order valence-electron chi connectivity index (χ0n) is 24.0. The summed E-state index contributed by atoms with van der Waals surface area (Å²) in [6, 6.07) is 7.80. The van der Waals surface area contributed by atoms with Crippen molar-refractivity contribution in [3.8, 4) is 5.75 Å². The number of unbranched alkanes of at least 4 members (excludes halogenated alkanes) is 1. The molecule has 0 bridgehead atoms. The highest BCUT2D eigenvalue weighted by molar-refractivity contribution is 6.45. The average Bonchev–Trinajstić information content (AvgIpc) is 3.41. The molecule has 0 aliphatic carbocycles. The molecule has 3 aliphatic heterocycles. The quantitative estimate of drug-likeness (QED) is 0.442. The van der Waals surface area contributed by atoms with Crippen molar-refractivity contribution in [2.45, 2.75) is 25.8 Å². The first-order valence-electron chi connectivity index (χ1n) is 14.0. The molecule has 0 aromatic heterocycles. The van der Waals surface area contributed by atoms with Crippen LogP contribution in [0.5, 0.6) is 5.75 Å². The van der Waals surface area contributed by atoms with Gasteiger partial charge in [0.1, 0.15) is 0 Å². The van der Waals surface area contributed by atoms with Gasteiger partial charge in [-0.3, -0.25) is 19.5 Å². The Hall–Kier alpha value is -4.32. The minimum atomic E-state index is -1.03. The lowest BCUT2D eigenvalue weighted by molar-refractivity contribution is -0.134. The van der Waals surface area contributed by atoms with Crippen molar-refractivity contribution < 1.29 is 23.1 Å². The predicted molar refractivity (Wildman–Crippen MR) is 157 cm³/mol. The number of methoxy groups -OCH3 is 1. The first-order valence-corrected chi connectivity index (χ1v) is 14.0. The summed E-state index contributed by atoms with van der Waals surface area (Å²) >= 11 is 0. The first-order chi connectivity index (χ1) is 20.3.